The van der Waals surface area contributed by atoms with Crippen molar-refractivity contribution in [3.05, 3.63) is 23.8 Å². The van der Waals surface area contributed by atoms with E-state index in [4.69, 9.17) is 10.00 Å². The Morgan fingerprint density at radius 3 is 2.56 bits per heavy atom. The van der Waals surface area contributed by atoms with E-state index >= 15 is 0 Å². The van der Waals surface area contributed by atoms with E-state index in [-0.39, 0.29) is 5.92 Å². The fourth-order valence-corrected chi connectivity index (χ4v) is 1.89. The van der Waals surface area contributed by atoms with Crippen LogP contribution in [0.3, 0.4) is 0 Å². The minimum atomic E-state index is 0.0280. The van der Waals surface area contributed by atoms with Crippen LogP contribution in [0, 0.1) is 30.1 Å². The Hall–Kier alpha value is -1.69. The second kappa shape index (κ2) is 6.30. The Kier molecular flexibility index (Phi) is 5.03. The first-order valence-corrected chi connectivity index (χ1v) is 6.25. The maximum Gasteiger partial charge on any atom is 0.142 e. The Balaban J connectivity index is 2.93. The molecular weight excluding hydrogens is 224 g/mol. The van der Waals surface area contributed by atoms with Gasteiger partial charge in [0.1, 0.15) is 5.75 Å². The number of methoxy groups -OCH3 is 1. The molecule has 0 heterocycles. The van der Waals surface area contributed by atoms with Gasteiger partial charge >= 0.3 is 0 Å². The van der Waals surface area contributed by atoms with Gasteiger partial charge in [0.2, 0.25) is 0 Å². The summed E-state index contributed by atoms with van der Waals surface area (Å²) in [6.07, 6.45) is 0. The molecule has 0 amide bonds. The van der Waals surface area contributed by atoms with E-state index in [2.05, 4.69) is 37.8 Å². The number of benzene rings is 1. The highest BCUT2D eigenvalue weighted by Crippen LogP contribution is 2.29. The summed E-state index contributed by atoms with van der Waals surface area (Å²) in [5.74, 6) is 1.23. The zero-order valence-electron chi connectivity index (χ0n) is 11.9. The molecule has 0 saturated heterocycles. The van der Waals surface area contributed by atoms with Gasteiger partial charge in [-0.25, -0.2) is 0 Å². The quantitative estimate of drug-likeness (QED) is 0.800. The second-order valence-corrected chi connectivity index (χ2v) is 5.04. The van der Waals surface area contributed by atoms with Crippen molar-refractivity contribution in [2.75, 3.05) is 25.6 Å². The molecule has 0 aromatic heterocycles. The van der Waals surface area contributed by atoms with Gasteiger partial charge in [0, 0.05) is 13.6 Å². The minimum Gasteiger partial charge on any atom is -0.495 e. The summed E-state index contributed by atoms with van der Waals surface area (Å²) in [5.41, 5.74) is 2.23. The van der Waals surface area contributed by atoms with E-state index in [1.807, 2.05) is 19.2 Å². The number of nitriles is 1. The van der Waals surface area contributed by atoms with Gasteiger partial charge in [-0.3, -0.25) is 0 Å². The number of hydrogen-bond donors (Lipinski definition) is 0. The van der Waals surface area contributed by atoms with Crippen LogP contribution in [0.2, 0.25) is 0 Å². The first-order valence-electron chi connectivity index (χ1n) is 6.25. The van der Waals surface area contributed by atoms with Crippen LogP contribution in [0.1, 0.15) is 19.4 Å². The molecule has 0 fully saturated rings. The van der Waals surface area contributed by atoms with E-state index in [0.717, 1.165) is 11.4 Å². The summed E-state index contributed by atoms with van der Waals surface area (Å²) in [5, 5.41) is 9.17. The van der Waals surface area contributed by atoms with Gasteiger partial charge in [-0.05, 0) is 30.5 Å². The topological polar surface area (TPSA) is 36.3 Å². The molecule has 98 valence electrons. The van der Waals surface area contributed by atoms with Gasteiger partial charge in [0.05, 0.1) is 24.8 Å². The smallest absolute Gasteiger partial charge is 0.142 e. The largest absolute Gasteiger partial charge is 0.495 e. The molecule has 1 atom stereocenters. The Labute approximate surface area is 110 Å². The van der Waals surface area contributed by atoms with Crippen LogP contribution in [0.25, 0.3) is 0 Å². The lowest BCUT2D eigenvalue weighted by molar-refractivity contribution is 0.412. The predicted molar refractivity (Wildman–Crippen MR) is 74.9 cm³/mol. The summed E-state index contributed by atoms with van der Waals surface area (Å²) >= 11 is 0. The zero-order chi connectivity index (χ0) is 13.7. The highest BCUT2D eigenvalue weighted by atomic mass is 16.5. The molecule has 3 heteroatoms. The van der Waals surface area contributed by atoms with Gasteiger partial charge < -0.3 is 9.64 Å². The molecule has 1 aromatic carbocycles. The van der Waals surface area contributed by atoms with Crippen LogP contribution in [0.4, 0.5) is 5.69 Å². The average Bonchev–Trinajstić information content (AvgIpc) is 2.35. The lowest BCUT2D eigenvalue weighted by Crippen LogP contribution is -2.27. The van der Waals surface area contributed by atoms with E-state index < -0.39 is 0 Å². The van der Waals surface area contributed by atoms with Crippen LogP contribution in [0.5, 0.6) is 5.75 Å². The molecule has 0 spiro atoms. The van der Waals surface area contributed by atoms with Gasteiger partial charge in [-0.2, -0.15) is 5.26 Å². The Morgan fingerprint density at radius 1 is 1.39 bits per heavy atom. The maximum atomic E-state index is 9.17. The molecule has 0 N–H and O–H groups in total. The van der Waals surface area contributed by atoms with Crippen molar-refractivity contribution in [3.8, 4) is 11.8 Å². The molecule has 1 aromatic rings. The number of nitrogens with zero attached hydrogens (tertiary/aromatic N) is 2. The van der Waals surface area contributed by atoms with Crippen LogP contribution in [-0.4, -0.2) is 20.7 Å². The third kappa shape index (κ3) is 3.40. The van der Waals surface area contributed by atoms with Crippen molar-refractivity contribution in [3.63, 3.8) is 0 Å². The number of hydrogen-bond acceptors (Lipinski definition) is 3. The van der Waals surface area contributed by atoms with Crippen molar-refractivity contribution in [1.82, 2.24) is 0 Å². The highest BCUT2D eigenvalue weighted by Gasteiger charge is 2.17. The molecule has 1 rings (SSSR count). The SMILES string of the molecule is COc1ccc(C)cc1N(C)CC(C#N)C(C)C. The number of rotatable bonds is 5. The molecule has 18 heavy (non-hydrogen) atoms. The molecule has 3 nitrogen and oxygen atoms in total. The molecule has 0 saturated carbocycles. The standard InChI is InChI=1S/C15H22N2O/c1-11(2)13(9-16)10-17(4)14-8-12(3)6-7-15(14)18-5/h6-8,11,13H,10H2,1-5H3. The van der Waals surface area contributed by atoms with Gasteiger partial charge in [-0.1, -0.05) is 19.9 Å². The second-order valence-electron chi connectivity index (χ2n) is 5.04. The maximum absolute atomic E-state index is 9.17. The molecule has 0 radical (unpaired) electrons. The summed E-state index contributed by atoms with van der Waals surface area (Å²) in [7, 11) is 3.68. The summed E-state index contributed by atoms with van der Waals surface area (Å²) in [4.78, 5) is 2.10. The molecule has 0 aliphatic carbocycles. The van der Waals surface area contributed by atoms with E-state index in [1.54, 1.807) is 7.11 Å². The summed E-state index contributed by atoms with van der Waals surface area (Å²) < 4.78 is 5.37. The highest BCUT2D eigenvalue weighted by molar-refractivity contribution is 5.59. The van der Waals surface area contributed by atoms with Gasteiger partial charge in [0.15, 0.2) is 0 Å². The fourth-order valence-electron chi connectivity index (χ4n) is 1.89. The summed E-state index contributed by atoms with van der Waals surface area (Å²) in [6, 6.07) is 8.46. The molecule has 0 bridgehead atoms. The number of anilines is 1. The normalized spacial score (nSPS) is 12.1. The third-order valence-electron chi connectivity index (χ3n) is 3.19. The van der Waals surface area contributed by atoms with Crippen molar-refractivity contribution >= 4 is 5.69 Å². The predicted octanol–water partition coefficient (Wildman–Crippen LogP) is 3.24. The van der Waals surface area contributed by atoms with Gasteiger partial charge in [0.25, 0.3) is 0 Å². The lowest BCUT2D eigenvalue weighted by Gasteiger charge is -2.25. The van der Waals surface area contributed by atoms with E-state index in [9.17, 15) is 0 Å². The Bertz CT molecular complexity index is 435. The number of ether oxygens (including phenoxy) is 1. The third-order valence-corrected chi connectivity index (χ3v) is 3.19. The van der Waals surface area contributed by atoms with Crippen molar-refractivity contribution in [1.29, 1.82) is 5.26 Å². The minimum absolute atomic E-state index is 0.0280. The van der Waals surface area contributed by atoms with Crippen LogP contribution >= 0.6 is 0 Å². The first kappa shape index (κ1) is 14.4. The van der Waals surface area contributed by atoms with Crippen LogP contribution in [-0.2, 0) is 0 Å². The van der Waals surface area contributed by atoms with Crippen molar-refractivity contribution in [2.45, 2.75) is 20.8 Å². The molecule has 0 aliphatic heterocycles. The van der Waals surface area contributed by atoms with E-state index in [1.165, 1.54) is 5.56 Å². The molecule has 0 aliphatic rings. The number of aryl methyl sites for hydroxylation is 1. The monoisotopic (exact) mass is 246 g/mol. The van der Waals surface area contributed by atoms with Crippen LogP contribution in [0.15, 0.2) is 18.2 Å². The van der Waals surface area contributed by atoms with Crippen LogP contribution < -0.4 is 9.64 Å². The average molecular weight is 246 g/mol. The molecule has 1 unspecified atom stereocenters. The first-order chi connectivity index (χ1) is 8.49. The fraction of sp³-hybridized carbons (Fsp3) is 0.533. The van der Waals surface area contributed by atoms with Gasteiger partial charge in [-0.15, -0.1) is 0 Å². The van der Waals surface area contributed by atoms with E-state index in [0.29, 0.717) is 12.5 Å². The van der Waals surface area contributed by atoms with Crippen molar-refractivity contribution < 1.29 is 4.74 Å². The lowest BCUT2D eigenvalue weighted by atomic mass is 9.97. The van der Waals surface area contributed by atoms with Crippen molar-refractivity contribution in [2.24, 2.45) is 11.8 Å². The molecular formula is C15H22N2O. The zero-order valence-corrected chi connectivity index (χ0v) is 11.9. The summed E-state index contributed by atoms with van der Waals surface area (Å²) in [6.45, 7) is 6.93. The Morgan fingerprint density at radius 2 is 2.06 bits per heavy atom.